The molecule has 0 amide bonds. The van der Waals surface area contributed by atoms with E-state index < -0.39 is 0 Å². The Morgan fingerprint density at radius 1 is 1.14 bits per heavy atom. The van der Waals surface area contributed by atoms with Gasteiger partial charge in [-0.25, -0.2) is 0 Å². The number of nitrogens with one attached hydrogen (secondary N) is 1. The highest BCUT2D eigenvalue weighted by Gasteiger charge is 2.13. The van der Waals surface area contributed by atoms with Gasteiger partial charge in [-0.05, 0) is 43.0 Å². The smallest absolute Gasteiger partial charge is 0.0407 e. The molecule has 2 rings (SSSR count). The van der Waals surface area contributed by atoms with E-state index in [1.54, 1.807) is 0 Å². The summed E-state index contributed by atoms with van der Waals surface area (Å²) in [5, 5.41) is 4.26. The molecule has 1 aliphatic rings. The predicted octanol–water partition coefficient (Wildman–Crippen LogP) is 3.94. The molecule has 0 heterocycles. The monoisotopic (exact) mass is 209 g/mol. The van der Waals surface area contributed by atoms with Crippen molar-refractivity contribution >= 4 is 17.3 Å². The van der Waals surface area contributed by atoms with Gasteiger partial charge in [0, 0.05) is 17.3 Å². The minimum absolute atomic E-state index is 0.802. The van der Waals surface area contributed by atoms with Gasteiger partial charge < -0.3 is 5.32 Å². The second-order valence-electron chi connectivity index (χ2n) is 4.04. The largest absolute Gasteiger partial charge is 0.385 e. The first-order valence-corrected chi connectivity index (χ1v) is 5.72. The summed E-state index contributed by atoms with van der Waals surface area (Å²) in [7, 11) is 0. The summed E-state index contributed by atoms with van der Waals surface area (Å²) in [5.41, 5.74) is 1.18. The maximum atomic E-state index is 5.81. The molecule has 0 spiro atoms. The van der Waals surface area contributed by atoms with Crippen LogP contribution in [0.2, 0.25) is 5.02 Å². The first kappa shape index (κ1) is 9.85. The molecule has 1 fully saturated rings. The molecule has 2 heteroatoms. The molecule has 0 aliphatic heterocycles. The molecular formula is C12H16ClN. The van der Waals surface area contributed by atoms with Crippen molar-refractivity contribution < 1.29 is 0 Å². The summed E-state index contributed by atoms with van der Waals surface area (Å²) in [6.07, 6.45) is 5.60. The summed E-state index contributed by atoms with van der Waals surface area (Å²) in [4.78, 5) is 0. The molecule has 76 valence electrons. The van der Waals surface area contributed by atoms with Crippen molar-refractivity contribution in [2.45, 2.75) is 25.7 Å². The fourth-order valence-corrected chi connectivity index (χ4v) is 2.17. The summed E-state index contributed by atoms with van der Waals surface area (Å²) in [6.45, 7) is 1.11. The summed E-state index contributed by atoms with van der Waals surface area (Å²) in [5.74, 6) is 0.880. The van der Waals surface area contributed by atoms with E-state index in [4.69, 9.17) is 11.6 Å². The number of hydrogen-bond donors (Lipinski definition) is 1. The Hall–Kier alpha value is -0.690. The number of anilines is 1. The van der Waals surface area contributed by atoms with Crippen molar-refractivity contribution in [3.8, 4) is 0 Å². The van der Waals surface area contributed by atoms with Crippen molar-refractivity contribution in [1.29, 1.82) is 0 Å². The molecule has 14 heavy (non-hydrogen) atoms. The molecule has 0 bridgehead atoms. The van der Waals surface area contributed by atoms with Crippen LogP contribution in [0.15, 0.2) is 24.3 Å². The highest BCUT2D eigenvalue weighted by Crippen LogP contribution is 2.25. The van der Waals surface area contributed by atoms with Gasteiger partial charge in [0.05, 0.1) is 0 Å². The van der Waals surface area contributed by atoms with Crippen LogP contribution in [0, 0.1) is 5.92 Å². The Morgan fingerprint density at radius 2 is 1.79 bits per heavy atom. The van der Waals surface area contributed by atoms with Gasteiger partial charge in [-0.2, -0.15) is 0 Å². The number of benzene rings is 1. The molecule has 1 saturated carbocycles. The molecule has 1 nitrogen and oxygen atoms in total. The summed E-state index contributed by atoms with van der Waals surface area (Å²) < 4.78 is 0. The zero-order valence-electron chi connectivity index (χ0n) is 8.30. The quantitative estimate of drug-likeness (QED) is 0.795. The molecule has 1 aliphatic carbocycles. The molecule has 1 aromatic rings. The first-order chi connectivity index (χ1) is 6.84. The molecule has 0 saturated heterocycles. The topological polar surface area (TPSA) is 12.0 Å². The van der Waals surface area contributed by atoms with Gasteiger partial charge in [0.15, 0.2) is 0 Å². The van der Waals surface area contributed by atoms with E-state index in [-0.39, 0.29) is 0 Å². The van der Waals surface area contributed by atoms with Crippen LogP contribution >= 0.6 is 11.6 Å². The lowest BCUT2D eigenvalue weighted by atomic mass is 10.1. The van der Waals surface area contributed by atoms with E-state index in [9.17, 15) is 0 Å². The molecule has 0 unspecified atom stereocenters. The molecule has 0 radical (unpaired) electrons. The van der Waals surface area contributed by atoms with Crippen LogP contribution in [0.5, 0.6) is 0 Å². The van der Waals surface area contributed by atoms with Crippen molar-refractivity contribution in [1.82, 2.24) is 0 Å². The fourth-order valence-electron chi connectivity index (χ4n) is 2.04. The van der Waals surface area contributed by atoms with Crippen LogP contribution in [-0.4, -0.2) is 6.54 Å². The van der Waals surface area contributed by atoms with Crippen LogP contribution in [0.3, 0.4) is 0 Å². The van der Waals surface area contributed by atoms with E-state index >= 15 is 0 Å². The zero-order valence-corrected chi connectivity index (χ0v) is 9.06. The van der Waals surface area contributed by atoms with Crippen molar-refractivity contribution in [3.63, 3.8) is 0 Å². The number of rotatable bonds is 3. The van der Waals surface area contributed by atoms with Crippen molar-refractivity contribution in [2.75, 3.05) is 11.9 Å². The molecular weight excluding hydrogens is 194 g/mol. The van der Waals surface area contributed by atoms with Crippen LogP contribution in [0.25, 0.3) is 0 Å². The molecule has 0 atom stereocenters. The van der Waals surface area contributed by atoms with Gasteiger partial charge in [0.25, 0.3) is 0 Å². The van der Waals surface area contributed by atoms with Crippen LogP contribution < -0.4 is 5.32 Å². The lowest BCUT2D eigenvalue weighted by Crippen LogP contribution is -2.10. The van der Waals surface area contributed by atoms with E-state index in [1.807, 2.05) is 24.3 Å². The fraction of sp³-hybridized carbons (Fsp3) is 0.500. The lowest BCUT2D eigenvalue weighted by Gasteiger charge is -2.11. The standard InChI is InChI=1S/C12H16ClN/c13-11-5-7-12(8-6-11)14-9-10-3-1-2-4-10/h5-8,10,14H,1-4,9H2. The Labute approximate surface area is 90.5 Å². The average molecular weight is 210 g/mol. The van der Waals surface area contributed by atoms with Crippen LogP contribution in [0.1, 0.15) is 25.7 Å². The van der Waals surface area contributed by atoms with Crippen LogP contribution in [-0.2, 0) is 0 Å². The summed E-state index contributed by atoms with van der Waals surface area (Å²) in [6, 6.07) is 7.94. The van der Waals surface area contributed by atoms with Gasteiger partial charge in [0.1, 0.15) is 0 Å². The lowest BCUT2D eigenvalue weighted by molar-refractivity contribution is 0.580. The Morgan fingerprint density at radius 3 is 2.43 bits per heavy atom. The second-order valence-corrected chi connectivity index (χ2v) is 4.47. The highest BCUT2D eigenvalue weighted by atomic mass is 35.5. The van der Waals surface area contributed by atoms with E-state index in [1.165, 1.54) is 31.4 Å². The van der Waals surface area contributed by atoms with Gasteiger partial charge in [-0.15, -0.1) is 0 Å². The SMILES string of the molecule is Clc1ccc(NCC2CCCC2)cc1. The number of hydrogen-bond acceptors (Lipinski definition) is 1. The third-order valence-electron chi connectivity index (χ3n) is 2.91. The van der Waals surface area contributed by atoms with E-state index in [2.05, 4.69) is 5.32 Å². The molecule has 1 N–H and O–H groups in total. The minimum Gasteiger partial charge on any atom is -0.385 e. The van der Waals surface area contributed by atoms with E-state index in [0.717, 1.165) is 17.5 Å². The Kier molecular flexibility index (Phi) is 3.30. The Balaban J connectivity index is 1.82. The minimum atomic E-state index is 0.802. The second kappa shape index (κ2) is 4.70. The molecule has 1 aromatic carbocycles. The zero-order chi connectivity index (χ0) is 9.80. The number of halogens is 1. The van der Waals surface area contributed by atoms with Crippen molar-refractivity contribution in [3.05, 3.63) is 29.3 Å². The van der Waals surface area contributed by atoms with Gasteiger partial charge in [-0.1, -0.05) is 24.4 Å². The highest BCUT2D eigenvalue weighted by molar-refractivity contribution is 6.30. The predicted molar refractivity (Wildman–Crippen MR) is 61.9 cm³/mol. The summed E-state index contributed by atoms with van der Waals surface area (Å²) >= 11 is 5.81. The Bertz CT molecular complexity index is 275. The van der Waals surface area contributed by atoms with Gasteiger partial charge in [0.2, 0.25) is 0 Å². The maximum absolute atomic E-state index is 5.81. The molecule has 0 aromatic heterocycles. The van der Waals surface area contributed by atoms with Gasteiger partial charge in [-0.3, -0.25) is 0 Å². The first-order valence-electron chi connectivity index (χ1n) is 5.34. The van der Waals surface area contributed by atoms with E-state index in [0.29, 0.717) is 0 Å². The van der Waals surface area contributed by atoms with Gasteiger partial charge >= 0.3 is 0 Å². The normalized spacial score (nSPS) is 17.2. The third kappa shape index (κ3) is 2.65. The maximum Gasteiger partial charge on any atom is 0.0407 e. The average Bonchev–Trinajstić information content (AvgIpc) is 2.70. The third-order valence-corrected chi connectivity index (χ3v) is 3.17. The van der Waals surface area contributed by atoms with Crippen molar-refractivity contribution in [2.24, 2.45) is 5.92 Å². The van der Waals surface area contributed by atoms with Crippen LogP contribution in [0.4, 0.5) is 5.69 Å².